The molecule has 4 N–H and O–H groups in total. The predicted molar refractivity (Wildman–Crippen MR) is 62.8 cm³/mol. The quantitative estimate of drug-likeness (QED) is 0.716. The number of nitrogens with two attached hydrogens (primary N) is 2. The Morgan fingerprint density at radius 3 is 2.86 bits per heavy atom. The van der Waals surface area contributed by atoms with Gasteiger partial charge in [0, 0.05) is 11.7 Å². The predicted octanol–water partition coefficient (Wildman–Crippen LogP) is 2.41. The van der Waals surface area contributed by atoms with E-state index in [2.05, 4.69) is 19.1 Å². The van der Waals surface area contributed by atoms with E-state index in [1.54, 1.807) is 0 Å². The van der Waals surface area contributed by atoms with Crippen LogP contribution in [0.25, 0.3) is 6.08 Å². The van der Waals surface area contributed by atoms with Crippen molar-refractivity contribution in [1.82, 2.24) is 0 Å². The summed E-state index contributed by atoms with van der Waals surface area (Å²) in [4.78, 5) is 0. The second-order valence-electron chi connectivity index (χ2n) is 3.48. The summed E-state index contributed by atoms with van der Waals surface area (Å²) in [6, 6.07) is 8.09. The maximum Gasteiger partial charge on any atom is 0.0319 e. The van der Waals surface area contributed by atoms with E-state index in [9.17, 15) is 0 Å². The highest BCUT2D eigenvalue weighted by Crippen LogP contribution is 2.09. The molecule has 0 amide bonds. The third kappa shape index (κ3) is 3.62. The Hall–Kier alpha value is -1.28. The molecular weight excluding hydrogens is 172 g/mol. The topological polar surface area (TPSA) is 52.0 Å². The van der Waals surface area contributed by atoms with E-state index >= 15 is 0 Å². The number of rotatable bonds is 4. The van der Waals surface area contributed by atoms with Gasteiger partial charge in [0.25, 0.3) is 0 Å². The van der Waals surface area contributed by atoms with Crippen LogP contribution in [0.4, 0.5) is 5.69 Å². The number of benzene rings is 1. The fourth-order valence-corrected chi connectivity index (χ4v) is 1.21. The van der Waals surface area contributed by atoms with E-state index in [1.165, 1.54) is 0 Å². The normalized spacial score (nSPS) is 13.3. The van der Waals surface area contributed by atoms with Crippen LogP contribution in [-0.2, 0) is 0 Å². The molecule has 0 fully saturated rings. The molecule has 2 nitrogen and oxygen atoms in total. The van der Waals surface area contributed by atoms with Crippen LogP contribution in [0, 0.1) is 0 Å². The van der Waals surface area contributed by atoms with Crippen LogP contribution >= 0.6 is 0 Å². The molecular formula is C12H18N2. The van der Waals surface area contributed by atoms with Crippen molar-refractivity contribution in [1.29, 1.82) is 0 Å². The van der Waals surface area contributed by atoms with Gasteiger partial charge in [0.1, 0.15) is 0 Å². The van der Waals surface area contributed by atoms with E-state index in [0.29, 0.717) is 0 Å². The van der Waals surface area contributed by atoms with Gasteiger partial charge in [-0.2, -0.15) is 0 Å². The van der Waals surface area contributed by atoms with Gasteiger partial charge in [0.05, 0.1) is 0 Å². The molecule has 14 heavy (non-hydrogen) atoms. The summed E-state index contributed by atoms with van der Waals surface area (Å²) < 4.78 is 0. The van der Waals surface area contributed by atoms with E-state index in [0.717, 1.165) is 24.1 Å². The zero-order valence-corrected chi connectivity index (χ0v) is 8.61. The zero-order valence-electron chi connectivity index (χ0n) is 8.61. The van der Waals surface area contributed by atoms with Crippen molar-refractivity contribution in [3.8, 4) is 0 Å². The molecule has 1 unspecified atom stereocenters. The van der Waals surface area contributed by atoms with E-state index < -0.39 is 0 Å². The molecule has 1 atom stereocenters. The third-order valence-corrected chi connectivity index (χ3v) is 2.18. The van der Waals surface area contributed by atoms with Gasteiger partial charge in [0.15, 0.2) is 0 Å². The standard InChI is InChI=1S/C12H18N2/c1-2-11(13)7-3-5-10-6-4-8-12(14)9-10/h3-6,8-9,11H,2,7,13-14H2,1H3/b5-3+. The van der Waals surface area contributed by atoms with Gasteiger partial charge >= 0.3 is 0 Å². The maximum absolute atomic E-state index is 5.79. The van der Waals surface area contributed by atoms with Gasteiger partial charge < -0.3 is 11.5 Å². The van der Waals surface area contributed by atoms with Crippen LogP contribution in [0.5, 0.6) is 0 Å². The summed E-state index contributed by atoms with van der Waals surface area (Å²) in [5.41, 5.74) is 13.4. The van der Waals surface area contributed by atoms with Crippen LogP contribution in [0.2, 0.25) is 0 Å². The second kappa shape index (κ2) is 5.45. The summed E-state index contributed by atoms with van der Waals surface area (Å²) in [6.07, 6.45) is 6.10. The highest BCUT2D eigenvalue weighted by molar-refractivity contribution is 5.55. The molecule has 0 radical (unpaired) electrons. The molecule has 0 aliphatic heterocycles. The Bertz CT molecular complexity index is 305. The monoisotopic (exact) mass is 190 g/mol. The van der Waals surface area contributed by atoms with Crippen LogP contribution < -0.4 is 11.5 Å². The van der Waals surface area contributed by atoms with Crippen molar-refractivity contribution < 1.29 is 0 Å². The first-order valence-electron chi connectivity index (χ1n) is 5.00. The van der Waals surface area contributed by atoms with Crippen molar-refractivity contribution in [3.05, 3.63) is 35.9 Å². The highest BCUT2D eigenvalue weighted by Gasteiger charge is 1.93. The lowest BCUT2D eigenvalue weighted by Crippen LogP contribution is -2.16. The molecule has 1 aromatic rings. The molecule has 2 heteroatoms. The molecule has 0 aromatic heterocycles. The Kier molecular flexibility index (Phi) is 4.20. The van der Waals surface area contributed by atoms with E-state index in [-0.39, 0.29) is 6.04 Å². The zero-order chi connectivity index (χ0) is 10.4. The van der Waals surface area contributed by atoms with Crippen LogP contribution in [0.1, 0.15) is 25.3 Å². The largest absolute Gasteiger partial charge is 0.399 e. The first-order valence-corrected chi connectivity index (χ1v) is 5.00. The molecule has 1 rings (SSSR count). The van der Waals surface area contributed by atoms with Gasteiger partial charge in [-0.25, -0.2) is 0 Å². The molecule has 0 heterocycles. The Labute approximate surface area is 85.6 Å². The number of nitrogen functional groups attached to an aromatic ring is 1. The lowest BCUT2D eigenvalue weighted by molar-refractivity contribution is 0.660. The van der Waals surface area contributed by atoms with Gasteiger partial charge in [-0.05, 0) is 30.5 Å². The SMILES string of the molecule is CCC(N)C/C=C/c1cccc(N)c1. The lowest BCUT2D eigenvalue weighted by Gasteiger charge is -2.03. The van der Waals surface area contributed by atoms with Gasteiger partial charge in [-0.3, -0.25) is 0 Å². The minimum Gasteiger partial charge on any atom is -0.399 e. The molecule has 0 aliphatic rings. The second-order valence-corrected chi connectivity index (χ2v) is 3.48. The highest BCUT2D eigenvalue weighted by atomic mass is 14.6. The number of anilines is 1. The minimum absolute atomic E-state index is 0.271. The van der Waals surface area contributed by atoms with Crippen molar-refractivity contribution in [3.63, 3.8) is 0 Å². The van der Waals surface area contributed by atoms with Crippen LogP contribution in [0.15, 0.2) is 30.3 Å². The smallest absolute Gasteiger partial charge is 0.0319 e. The Morgan fingerprint density at radius 1 is 1.43 bits per heavy atom. The summed E-state index contributed by atoms with van der Waals surface area (Å²) in [7, 11) is 0. The van der Waals surface area contributed by atoms with Crippen molar-refractivity contribution in [2.45, 2.75) is 25.8 Å². The van der Waals surface area contributed by atoms with Gasteiger partial charge in [0.2, 0.25) is 0 Å². The summed E-state index contributed by atoms with van der Waals surface area (Å²) >= 11 is 0. The van der Waals surface area contributed by atoms with Gasteiger partial charge in [-0.15, -0.1) is 0 Å². The third-order valence-electron chi connectivity index (χ3n) is 2.18. The van der Waals surface area contributed by atoms with Crippen molar-refractivity contribution in [2.75, 3.05) is 5.73 Å². The van der Waals surface area contributed by atoms with Crippen LogP contribution in [-0.4, -0.2) is 6.04 Å². The first kappa shape index (κ1) is 10.8. The molecule has 0 aliphatic carbocycles. The Balaban J connectivity index is 2.51. The summed E-state index contributed by atoms with van der Waals surface area (Å²) in [5, 5.41) is 0. The van der Waals surface area contributed by atoms with E-state index in [1.807, 2.05) is 24.3 Å². The number of hydrogen-bond acceptors (Lipinski definition) is 2. The fraction of sp³-hybridized carbons (Fsp3) is 0.333. The van der Waals surface area contributed by atoms with Crippen molar-refractivity contribution >= 4 is 11.8 Å². The summed E-state index contributed by atoms with van der Waals surface area (Å²) in [6.45, 7) is 2.10. The van der Waals surface area contributed by atoms with Crippen LogP contribution in [0.3, 0.4) is 0 Å². The minimum atomic E-state index is 0.271. The molecule has 0 saturated heterocycles. The Morgan fingerprint density at radius 2 is 2.21 bits per heavy atom. The first-order chi connectivity index (χ1) is 6.72. The van der Waals surface area contributed by atoms with Crippen molar-refractivity contribution in [2.24, 2.45) is 5.73 Å². The maximum atomic E-state index is 5.79. The van der Waals surface area contributed by atoms with E-state index in [4.69, 9.17) is 11.5 Å². The van der Waals surface area contributed by atoms with Gasteiger partial charge in [-0.1, -0.05) is 31.2 Å². The fourth-order valence-electron chi connectivity index (χ4n) is 1.21. The molecule has 0 spiro atoms. The number of hydrogen-bond donors (Lipinski definition) is 2. The summed E-state index contributed by atoms with van der Waals surface area (Å²) in [5.74, 6) is 0. The molecule has 76 valence electrons. The molecule has 1 aromatic carbocycles. The lowest BCUT2D eigenvalue weighted by atomic mass is 10.1. The molecule has 0 bridgehead atoms. The average Bonchev–Trinajstić information content (AvgIpc) is 2.17. The average molecular weight is 190 g/mol. The molecule has 0 saturated carbocycles.